The smallest absolute Gasteiger partial charge is 0.262 e. The van der Waals surface area contributed by atoms with E-state index in [4.69, 9.17) is 21.1 Å². The van der Waals surface area contributed by atoms with Crippen molar-refractivity contribution in [1.82, 2.24) is 4.31 Å². The van der Waals surface area contributed by atoms with Gasteiger partial charge < -0.3 is 14.8 Å². The number of carbonyl (C=O) groups is 1. The molecule has 0 unspecified atom stereocenters. The fraction of sp³-hybridized carbons (Fsp3) is 0.381. The Morgan fingerprint density at radius 2 is 1.77 bits per heavy atom. The minimum atomic E-state index is -3.65. The molecule has 0 bridgehead atoms. The summed E-state index contributed by atoms with van der Waals surface area (Å²) in [6.45, 7) is 0.722. The van der Waals surface area contributed by atoms with Crippen LogP contribution in [-0.2, 0) is 14.8 Å². The van der Waals surface area contributed by atoms with Gasteiger partial charge in [0.25, 0.3) is 5.91 Å². The molecule has 1 fully saturated rings. The van der Waals surface area contributed by atoms with Crippen LogP contribution >= 0.6 is 11.6 Å². The zero-order valence-electron chi connectivity index (χ0n) is 16.8. The van der Waals surface area contributed by atoms with Gasteiger partial charge >= 0.3 is 0 Å². The van der Waals surface area contributed by atoms with Gasteiger partial charge in [-0.15, -0.1) is 0 Å². The standard InChI is InChI=1S/C21H25ClN2O5S/c1-28-20-11-10-16(30(26,27)24-12-6-2-3-7-13-24)14-18(20)23-21(25)15-29-19-9-5-4-8-17(19)22/h4-5,8-11,14H,2-3,6-7,12-13,15H2,1H3,(H,23,25). The molecule has 1 saturated heterocycles. The second-order valence-corrected chi connectivity index (χ2v) is 9.29. The number of nitrogens with one attached hydrogen (secondary N) is 1. The molecule has 9 heteroatoms. The van der Waals surface area contributed by atoms with E-state index in [9.17, 15) is 13.2 Å². The van der Waals surface area contributed by atoms with Gasteiger partial charge in [-0.1, -0.05) is 36.6 Å². The first-order valence-electron chi connectivity index (χ1n) is 9.77. The minimum absolute atomic E-state index is 0.118. The van der Waals surface area contributed by atoms with Crippen LogP contribution in [0.1, 0.15) is 25.7 Å². The van der Waals surface area contributed by atoms with E-state index >= 15 is 0 Å². The third-order valence-corrected chi connectivity index (χ3v) is 7.05. The van der Waals surface area contributed by atoms with E-state index in [1.54, 1.807) is 24.3 Å². The van der Waals surface area contributed by atoms with Crippen molar-refractivity contribution in [1.29, 1.82) is 0 Å². The summed E-state index contributed by atoms with van der Waals surface area (Å²) < 4.78 is 38.3. The Morgan fingerprint density at radius 1 is 1.07 bits per heavy atom. The number of anilines is 1. The maximum absolute atomic E-state index is 13.1. The second kappa shape index (κ2) is 10.1. The molecule has 1 aliphatic rings. The Labute approximate surface area is 182 Å². The summed E-state index contributed by atoms with van der Waals surface area (Å²) in [7, 11) is -2.20. The van der Waals surface area contributed by atoms with Crippen LogP contribution in [0.3, 0.4) is 0 Å². The first kappa shape index (κ1) is 22.4. The van der Waals surface area contributed by atoms with Gasteiger partial charge in [0.15, 0.2) is 6.61 Å². The van der Waals surface area contributed by atoms with Crippen LogP contribution in [0, 0.1) is 0 Å². The molecule has 162 valence electrons. The average molecular weight is 453 g/mol. The Hall–Kier alpha value is -2.29. The third-order valence-electron chi connectivity index (χ3n) is 4.84. The second-order valence-electron chi connectivity index (χ2n) is 6.95. The molecule has 1 N–H and O–H groups in total. The predicted molar refractivity (Wildman–Crippen MR) is 116 cm³/mol. The SMILES string of the molecule is COc1ccc(S(=O)(=O)N2CCCCCC2)cc1NC(=O)COc1ccccc1Cl. The lowest BCUT2D eigenvalue weighted by atomic mass is 10.2. The summed E-state index contributed by atoms with van der Waals surface area (Å²) in [5.74, 6) is 0.284. The Kier molecular flexibility index (Phi) is 7.58. The fourth-order valence-electron chi connectivity index (χ4n) is 3.27. The number of hydrogen-bond acceptors (Lipinski definition) is 5. The number of rotatable bonds is 7. The minimum Gasteiger partial charge on any atom is -0.495 e. The molecule has 0 aromatic heterocycles. The summed E-state index contributed by atoms with van der Waals surface area (Å²) >= 11 is 6.02. The molecule has 1 aliphatic heterocycles. The van der Waals surface area contributed by atoms with Gasteiger partial charge in [-0.05, 0) is 43.2 Å². The van der Waals surface area contributed by atoms with Crippen molar-refractivity contribution in [2.45, 2.75) is 30.6 Å². The van der Waals surface area contributed by atoms with Crippen molar-refractivity contribution in [2.24, 2.45) is 0 Å². The van der Waals surface area contributed by atoms with E-state index in [1.165, 1.54) is 29.6 Å². The lowest BCUT2D eigenvalue weighted by Gasteiger charge is -2.21. The van der Waals surface area contributed by atoms with Gasteiger partial charge in [-0.3, -0.25) is 4.79 Å². The highest BCUT2D eigenvalue weighted by molar-refractivity contribution is 7.89. The Balaban J connectivity index is 1.75. The number of carbonyl (C=O) groups excluding carboxylic acids is 1. The number of amides is 1. The average Bonchev–Trinajstić information content (AvgIpc) is 3.03. The van der Waals surface area contributed by atoms with Gasteiger partial charge in [0, 0.05) is 13.1 Å². The highest BCUT2D eigenvalue weighted by atomic mass is 35.5. The molecule has 2 aromatic carbocycles. The first-order valence-corrected chi connectivity index (χ1v) is 11.6. The summed E-state index contributed by atoms with van der Waals surface area (Å²) in [5, 5.41) is 3.06. The Bertz CT molecular complexity index is 989. The quantitative estimate of drug-likeness (QED) is 0.688. The van der Waals surface area contributed by atoms with E-state index in [0.29, 0.717) is 29.6 Å². The van der Waals surface area contributed by atoms with Crippen LogP contribution in [0.5, 0.6) is 11.5 Å². The van der Waals surface area contributed by atoms with Gasteiger partial charge in [-0.2, -0.15) is 4.31 Å². The zero-order valence-corrected chi connectivity index (χ0v) is 18.3. The summed E-state index contributed by atoms with van der Waals surface area (Å²) in [6, 6.07) is 11.3. The number of sulfonamides is 1. The van der Waals surface area contributed by atoms with Crippen LogP contribution in [0.25, 0.3) is 0 Å². The van der Waals surface area contributed by atoms with Crippen LogP contribution in [0.4, 0.5) is 5.69 Å². The van der Waals surface area contributed by atoms with Gasteiger partial charge in [0.1, 0.15) is 11.5 Å². The number of methoxy groups -OCH3 is 1. The summed E-state index contributed by atoms with van der Waals surface area (Å²) in [4.78, 5) is 12.5. The molecular formula is C21H25ClN2O5S. The molecule has 0 aliphatic carbocycles. The molecule has 7 nitrogen and oxygen atoms in total. The van der Waals surface area contributed by atoms with E-state index in [-0.39, 0.29) is 17.2 Å². The molecule has 0 saturated carbocycles. The molecule has 0 radical (unpaired) electrons. The molecule has 0 spiro atoms. The van der Waals surface area contributed by atoms with Crippen molar-refractivity contribution in [3.63, 3.8) is 0 Å². The lowest BCUT2D eigenvalue weighted by molar-refractivity contribution is -0.118. The zero-order chi connectivity index (χ0) is 21.6. The first-order chi connectivity index (χ1) is 14.4. The number of para-hydroxylation sites is 1. The highest BCUT2D eigenvalue weighted by Gasteiger charge is 2.26. The van der Waals surface area contributed by atoms with Crippen molar-refractivity contribution in [3.05, 3.63) is 47.5 Å². The molecule has 1 heterocycles. The normalized spacial score (nSPS) is 15.3. The van der Waals surface area contributed by atoms with Crippen LogP contribution in [0.2, 0.25) is 5.02 Å². The van der Waals surface area contributed by atoms with Crippen LogP contribution in [-0.4, -0.2) is 45.4 Å². The van der Waals surface area contributed by atoms with E-state index in [0.717, 1.165) is 25.7 Å². The summed E-state index contributed by atoms with van der Waals surface area (Å²) in [5.41, 5.74) is 0.265. The maximum atomic E-state index is 13.1. The number of halogens is 1. The molecular weight excluding hydrogens is 428 g/mol. The number of hydrogen-bond donors (Lipinski definition) is 1. The molecule has 30 heavy (non-hydrogen) atoms. The van der Waals surface area contributed by atoms with Gasteiger partial charge in [-0.25, -0.2) is 8.42 Å². The third kappa shape index (κ3) is 5.44. The number of benzene rings is 2. The molecule has 1 amide bonds. The molecule has 2 aromatic rings. The number of ether oxygens (including phenoxy) is 2. The van der Waals surface area contributed by atoms with Crippen molar-refractivity contribution >= 4 is 33.2 Å². The topological polar surface area (TPSA) is 84.9 Å². The largest absolute Gasteiger partial charge is 0.495 e. The van der Waals surface area contributed by atoms with Gasteiger partial charge in [0.2, 0.25) is 10.0 Å². The Morgan fingerprint density at radius 3 is 2.43 bits per heavy atom. The summed E-state index contributed by atoms with van der Waals surface area (Å²) in [6.07, 6.45) is 3.75. The van der Waals surface area contributed by atoms with E-state index < -0.39 is 15.9 Å². The van der Waals surface area contributed by atoms with Crippen molar-refractivity contribution in [3.8, 4) is 11.5 Å². The van der Waals surface area contributed by atoms with Crippen LogP contribution in [0.15, 0.2) is 47.4 Å². The van der Waals surface area contributed by atoms with Crippen molar-refractivity contribution in [2.75, 3.05) is 32.1 Å². The lowest BCUT2D eigenvalue weighted by Crippen LogP contribution is -2.32. The molecule has 0 atom stereocenters. The highest BCUT2D eigenvalue weighted by Crippen LogP contribution is 2.30. The maximum Gasteiger partial charge on any atom is 0.262 e. The van der Waals surface area contributed by atoms with E-state index in [2.05, 4.69) is 5.32 Å². The monoisotopic (exact) mass is 452 g/mol. The molecule has 3 rings (SSSR count). The van der Waals surface area contributed by atoms with E-state index in [1.807, 2.05) is 0 Å². The van der Waals surface area contributed by atoms with Crippen LogP contribution < -0.4 is 14.8 Å². The van der Waals surface area contributed by atoms with Crippen molar-refractivity contribution < 1.29 is 22.7 Å². The van der Waals surface area contributed by atoms with Gasteiger partial charge in [0.05, 0.1) is 22.7 Å². The predicted octanol–water partition coefficient (Wildman–Crippen LogP) is 3.93. The number of nitrogens with zero attached hydrogens (tertiary/aromatic N) is 1. The fourth-order valence-corrected chi connectivity index (χ4v) is 5.00.